The van der Waals surface area contributed by atoms with Crippen molar-refractivity contribution in [1.82, 2.24) is 15.0 Å². The number of para-hydroxylation sites is 1. The van der Waals surface area contributed by atoms with Crippen molar-refractivity contribution in [3.63, 3.8) is 0 Å². The predicted molar refractivity (Wildman–Crippen MR) is 101 cm³/mol. The molecular formula is C18H29N3O2S. The predicted octanol–water partition coefficient (Wildman–Crippen LogP) is 2.80. The van der Waals surface area contributed by atoms with Gasteiger partial charge in [0.25, 0.3) is 0 Å². The Morgan fingerprint density at radius 1 is 1.04 bits per heavy atom. The molecular weight excluding hydrogens is 322 g/mol. The molecule has 0 aliphatic carbocycles. The van der Waals surface area contributed by atoms with Crippen LogP contribution in [0.15, 0.2) is 30.5 Å². The van der Waals surface area contributed by atoms with Crippen molar-refractivity contribution in [2.24, 2.45) is 0 Å². The largest absolute Gasteiger partial charge is 0.361 e. The number of rotatable bonds is 11. The van der Waals surface area contributed by atoms with Gasteiger partial charge in [-0.15, -0.1) is 0 Å². The summed E-state index contributed by atoms with van der Waals surface area (Å²) in [5.74, 6) is 0. The highest BCUT2D eigenvalue weighted by Crippen LogP contribution is 2.17. The van der Waals surface area contributed by atoms with Crippen LogP contribution in [0, 0.1) is 0 Å². The van der Waals surface area contributed by atoms with E-state index in [0.29, 0.717) is 6.54 Å². The van der Waals surface area contributed by atoms with E-state index < -0.39 is 10.0 Å². The molecule has 1 aromatic carbocycles. The summed E-state index contributed by atoms with van der Waals surface area (Å²) in [6, 6.07) is 8.36. The number of unbranched alkanes of at least 4 members (excludes halogenated alkanes) is 2. The van der Waals surface area contributed by atoms with Crippen molar-refractivity contribution < 1.29 is 8.42 Å². The van der Waals surface area contributed by atoms with Crippen LogP contribution in [0.1, 0.15) is 38.7 Å². The Balaban J connectivity index is 1.53. The molecule has 0 bridgehead atoms. The van der Waals surface area contributed by atoms with Crippen LogP contribution in [0.5, 0.6) is 0 Å². The summed E-state index contributed by atoms with van der Waals surface area (Å²) >= 11 is 0. The molecule has 0 aliphatic heterocycles. The Morgan fingerprint density at radius 3 is 2.58 bits per heavy atom. The Labute approximate surface area is 145 Å². The van der Waals surface area contributed by atoms with Crippen molar-refractivity contribution in [3.05, 3.63) is 36.0 Å². The van der Waals surface area contributed by atoms with Crippen LogP contribution >= 0.6 is 0 Å². The summed E-state index contributed by atoms with van der Waals surface area (Å²) in [6.45, 7) is 5.86. The summed E-state index contributed by atoms with van der Waals surface area (Å²) in [5.41, 5.74) is 2.54. The molecule has 5 nitrogen and oxygen atoms in total. The number of hydrogen-bond acceptors (Lipinski definition) is 3. The summed E-state index contributed by atoms with van der Waals surface area (Å²) in [5, 5.41) is 4.41. The molecule has 0 atom stereocenters. The maximum atomic E-state index is 11.6. The molecule has 0 unspecified atom stereocenters. The minimum atomic E-state index is -3.11. The highest BCUT2D eigenvalue weighted by atomic mass is 32.2. The van der Waals surface area contributed by atoms with Gasteiger partial charge in [0.2, 0.25) is 10.0 Å². The Kier molecular flexibility index (Phi) is 7.27. The van der Waals surface area contributed by atoms with Crippen LogP contribution in [-0.4, -0.2) is 38.3 Å². The lowest BCUT2D eigenvalue weighted by atomic mass is 10.1. The average molecular weight is 352 g/mol. The minimum Gasteiger partial charge on any atom is -0.361 e. The third-order valence-corrected chi connectivity index (χ3v) is 6.05. The van der Waals surface area contributed by atoms with Gasteiger partial charge in [0.15, 0.2) is 0 Å². The van der Waals surface area contributed by atoms with Gasteiger partial charge in [-0.2, -0.15) is 0 Å². The standard InChI is InChI=1S/C18H29N3O2S/c1-15(2)24(22,23)21-12-7-3-6-11-19-13-10-16-14-20-18-9-5-4-8-17(16)18/h4-5,8-9,14-15,19-21H,3,6-7,10-13H2,1-2H3. The Hall–Kier alpha value is -1.37. The smallest absolute Gasteiger partial charge is 0.213 e. The van der Waals surface area contributed by atoms with Crippen LogP contribution in [0.2, 0.25) is 0 Å². The first-order valence-electron chi connectivity index (χ1n) is 8.75. The van der Waals surface area contributed by atoms with Gasteiger partial charge in [0.05, 0.1) is 5.25 Å². The fourth-order valence-corrected chi connectivity index (χ4v) is 3.38. The maximum Gasteiger partial charge on any atom is 0.213 e. The molecule has 0 spiro atoms. The summed E-state index contributed by atoms with van der Waals surface area (Å²) in [4.78, 5) is 3.30. The van der Waals surface area contributed by atoms with Crippen molar-refractivity contribution in [2.45, 2.75) is 44.8 Å². The van der Waals surface area contributed by atoms with Gasteiger partial charge in [0.1, 0.15) is 0 Å². The molecule has 3 N–H and O–H groups in total. The Morgan fingerprint density at radius 2 is 1.79 bits per heavy atom. The first-order valence-corrected chi connectivity index (χ1v) is 10.3. The van der Waals surface area contributed by atoms with Gasteiger partial charge in [-0.05, 0) is 57.8 Å². The number of fused-ring (bicyclic) bond motifs is 1. The number of benzene rings is 1. The van der Waals surface area contributed by atoms with Gasteiger partial charge < -0.3 is 10.3 Å². The van der Waals surface area contributed by atoms with E-state index in [4.69, 9.17) is 0 Å². The van der Waals surface area contributed by atoms with E-state index in [9.17, 15) is 8.42 Å². The Bertz CT molecular complexity index is 723. The molecule has 0 amide bonds. The monoisotopic (exact) mass is 351 g/mol. The molecule has 24 heavy (non-hydrogen) atoms. The topological polar surface area (TPSA) is 74.0 Å². The van der Waals surface area contributed by atoms with Crippen molar-refractivity contribution in [3.8, 4) is 0 Å². The van der Waals surface area contributed by atoms with Crippen molar-refractivity contribution in [2.75, 3.05) is 19.6 Å². The second kappa shape index (κ2) is 9.20. The van der Waals surface area contributed by atoms with Crippen molar-refractivity contribution in [1.29, 1.82) is 0 Å². The molecule has 1 aromatic heterocycles. The van der Waals surface area contributed by atoms with Gasteiger partial charge in [-0.3, -0.25) is 0 Å². The van der Waals surface area contributed by atoms with E-state index in [1.54, 1.807) is 13.8 Å². The number of nitrogens with one attached hydrogen (secondary N) is 3. The zero-order valence-electron chi connectivity index (χ0n) is 14.6. The quantitative estimate of drug-likeness (QED) is 0.545. The lowest BCUT2D eigenvalue weighted by molar-refractivity contribution is 0.561. The molecule has 0 fully saturated rings. The van der Waals surface area contributed by atoms with Crippen molar-refractivity contribution >= 4 is 20.9 Å². The molecule has 0 aliphatic rings. The first-order chi connectivity index (χ1) is 11.5. The minimum absolute atomic E-state index is 0.358. The van der Waals surface area contributed by atoms with E-state index in [1.165, 1.54) is 16.5 Å². The number of aromatic nitrogens is 1. The first kappa shape index (κ1) is 19.0. The van der Waals surface area contributed by atoms with E-state index in [0.717, 1.165) is 38.8 Å². The van der Waals surface area contributed by atoms with E-state index >= 15 is 0 Å². The third kappa shape index (κ3) is 5.61. The molecule has 2 rings (SSSR count). The third-order valence-electron chi connectivity index (χ3n) is 4.20. The van der Waals surface area contributed by atoms with E-state index in [1.807, 2.05) is 6.07 Å². The fourth-order valence-electron chi connectivity index (χ4n) is 2.62. The van der Waals surface area contributed by atoms with E-state index in [-0.39, 0.29) is 5.25 Å². The number of H-pyrrole nitrogens is 1. The van der Waals surface area contributed by atoms with Gasteiger partial charge >= 0.3 is 0 Å². The molecule has 2 aromatic rings. The molecule has 6 heteroatoms. The van der Waals surface area contributed by atoms with Crippen LogP contribution in [-0.2, 0) is 16.4 Å². The lowest BCUT2D eigenvalue weighted by Gasteiger charge is -2.09. The van der Waals surface area contributed by atoms with Crippen LogP contribution in [0.25, 0.3) is 10.9 Å². The molecule has 0 saturated heterocycles. The fraction of sp³-hybridized carbons (Fsp3) is 0.556. The van der Waals surface area contributed by atoms with E-state index in [2.05, 4.69) is 39.4 Å². The van der Waals surface area contributed by atoms with Crippen LogP contribution in [0.3, 0.4) is 0 Å². The molecule has 0 saturated carbocycles. The second-order valence-electron chi connectivity index (χ2n) is 6.41. The average Bonchev–Trinajstić information content (AvgIpc) is 2.96. The second-order valence-corrected chi connectivity index (χ2v) is 8.73. The molecule has 1 heterocycles. The highest BCUT2D eigenvalue weighted by molar-refractivity contribution is 7.90. The zero-order chi connectivity index (χ0) is 17.4. The SMILES string of the molecule is CC(C)S(=O)(=O)NCCCCCNCCc1c[nH]c2ccccc12. The molecule has 134 valence electrons. The summed E-state index contributed by atoms with van der Waals surface area (Å²) in [7, 11) is -3.11. The highest BCUT2D eigenvalue weighted by Gasteiger charge is 2.13. The summed E-state index contributed by atoms with van der Waals surface area (Å²) < 4.78 is 25.8. The van der Waals surface area contributed by atoms with Crippen LogP contribution in [0.4, 0.5) is 0 Å². The molecule has 0 radical (unpaired) electrons. The normalized spacial score (nSPS) is 12.3. The van der Waals surface area contributed by atoms with Gasteiger partial charge in [-0.25, -0.2) is 13.1 Å². The van der Waals surface area contributed by atoms with Crippen LogP contribution < -0.4 is 10.0 Å². The lowest BCUT2D eigenvalue weighted by Crippen LogP contribution is -2.31. The zero-order valence-corrected chi connectivity index (χ0v) is 15.5. The number of aromatic amines is 1. The summed E-state index contributed by atoms with van der Waals surface area (Å²) in [6.07, 6.45) is 6.08. The van der Waals surface area contributed by atoms with Gasteiger partial charge in [-0.1, -0.05) is 24.6 Å². The number of sulfonamides is 1. The van der Waals surface area contributed by atoms with Gasteiger partial charge in [0, 0.05) is 23.6 Å². The maximum absolute atomic E-state index is 11.6. The number of hydrogen-bond donors (Lipinski definition) is 3.